The second-order valence-corrected chi connectivity index (χ2v) is 21.5. The number of carbonyl (C=O) groups excluding carboxylic acids is 7. The van der Waals surface area contributed by atoms with Crippen molar-refractivity contribution < 1.29 is 83.9 Å². The van der Waals surface area contributed by atoms with Crippen molar-refractivity contribution in [2.24, 2.45) is 5.92 Å². The van der Waals surface area contributed by atoms with E-state index < -0.39 is 152 Å². The Morgan fingerprint density at radius 1 is 0.651 bits per heavy atom. The highest BCUT2D eigenvalue weighted by molar-refractivity contribution is 6.00. The van der Waals surface area contributed by atoms with Gasteiger partial charge in [0.25, 0.3) is 5.91 Å². The summed E-state index contributed by atoms with van der Waals surface area (Å²) < 4.78 is 11.3. The van der Waals surface area contributed by atoms with Gasteiger partial charge in [0.2, 0.25) is 35.4 Å². The van der Waals surface area contributed by atoms with Gasteiger partial charge in [0.15, 0.2) is 6.23 Å². The van der Waals surface area contributed by atoms with E-state index in [1.807, 2.05) is 48.5 Å². The molecule has 15 atom stereocenters. The van der Waals surface area contributed by atoms with E-state index in [-0.39, 0.29) is 23.4 Å². The number of carbonyl (C=O) groups is 7. The van der Waals surface area contributed by atoms with Crippen molar-refractivity contribution in [1.29, 1.82) is 0 Å². The van der Waals surface area contributed by atoms with E-state index in [1.165, 1.54) is 43.3 Å². The van der Waals surface area contributed by atoms with Gasteiger partial charge in [-0.1, -0.05) is 87.4 Å². The number of rotatable bonds is 15. The molecule has 3 aliphatic heterocycles. The minimum Gasteiger partial charge on any atom is -0.508 e. The molecule has 4 aromatic rings. The first-order valence-electron chi connectivity index (χ1n) is 27.7. The predicted molar refractivity (Wildman–Crippen MR) is 298 cm³/mol. The van der Waals surface area contributed by atoms with Crippen LogP contribution in [0.15, 0.2) is 97.1 Å². The number of aliphatic hydroxyl groups excluding tert-OH is 7. The van der Waals surface area contributed by atoms with Crippen LogP contribution in [0.1, 0.15) is 81.8 Å². The first-order valence-corrected chi connectivity index (χ1v) is 27.7. The number of nitrogens with one attached hydrogen (secondary N) is 5. The summed E-state index contributed by atoms with van der Waals surface area (Å²) in [5, 5.41) is 101. The van der Waals surface area contributed by atoms with Crippen molar-refractivity contribution in [3.8, 4) is 33.8 Å². The molecule has 0 aliphatic carbocycles. The lowest BCUT2D eigenvalue weighted by Crippen LogP contribution is -2.64. The standard InChI is InChI=1S/C59H75N7O17/c1-6-7-8-25-83-41-23-19-36(20-24-41)34-11-9-33(10-12-34)35-13-15-38(16-14-35)52(75)60-42-27-44(71)57(82-5)64-56(79)48-49(72)30(2)28-66(48)59(81)46(32(4)68)62-55(78)47(51(74)50(73)37-17-21-39(69)22-18-37)63-54(77)43-26-40(70)29-65(43)58(80)45(31(3)67)61-53(42)76/h9-24,30-32,40,42-51,57,67-74H,6-8,25-29H2,1-5H3,(H,60,75)(H,61,76)(H,62,78)(H,63,77)(H,64,79)/t30-,31-,32+,40+,42-,43-,44+,45-,46-,47-,48-,49-,50-,51-,57+/m0/s1. The maximum absolute atomic E-state index is 14.5. The molecule has 3 heterocycles. The molecule has 7 amide bonds. The zero-order chi connectivity index (χ0) is 60.4. The van der Waals surface area contributed by atoms with E-state index in [4.69, 9.17) is 9.47 Å². The first kappa shape index (κ1) is 63.0. The van der Waals surface area contributed by atoms with Crippen LogP contribution in [0.5, 0.6) is 11.5 Å². The molecule has 0 unspecified atom stereocenters. The van der Waals surface area contributed by atoms with Crippen LogP contribution in [0.2, 0.25) is 0 Å². The van der Waals surface area contributed by atoms with Gasteiger partial charge < -0.3 is 86.7 Å². The van der Waals surface area contributed by atoms with E-state index in [2.05, 4.69) is 33.5 Å². The van der Waals surface area contributed by atoms with Crippen LogP contribution >= 0.6 is 0 Å². The minimum absolute atomic E-state index is 0.0447. The van der Waals surface area contributed by atoms with Gasteiger partial charge in [-0.05, 0) is 84.5 Å². The topological polar surface area (TPSA) is 366 Å². The Morgan fingerprint density at radius 3 is 1.73 bits per heavy atom. The van der Waals surface area contributed by atoms with Gasteiger partial charge in [0.1, 0.15) is 66.1 Å². The summed E-state index contributed by atoms with van der Waals surface area (Å²) in [6.07, 6.45) is -12.5. The molecule has 448 valence electrons. The quantitative estimate of drug-likeness (QED) is 0.0681. The number of benzene rings is 4. The molecule has 0 aromatic heterocycles. The van der Waals surface area contributed by atoms with Crippen LogP contribution in [-0.2, 0) is 33.5 Å². The third kappa shape index (κ3) is 15.2. The molecular weight excluding hydrogens is 1080 g/mol. The van der Waals surface area contributed by atoms with Crippen LogP contribution in [0.4, 0.5) is 0 Å². The number of unbranched alkanes of at least 4 members (excludes halogenated alkanes) is 2. The largest absolute Gasteiger partial charge is 0.508 e. The van der Waals surface area contributed by atoms with Gasteiger partial charge in [-0.2, -0.15) is 0 Å². The lowest BCUT2D eigenvalue weighted by molar-refractivity contribution is -0.149. The van der Waals surface area contributed by atoms with Gasteiger partial charge in [0.05, 0.1) is 31.0 Å². The summed E-state index contributed by atoms with van der Waals surface area (Å²) in [4.78, 5) is 102. The smallest absolute Gasteiger partial charge is 0.251 e. The van der Waals surface area contributed by atoms with E-state index in [0.717, 1.165) is 78.0 Å². The van der Waals surface area contributed by atoms with Crippen molar-refractivity contribution in [3.63, 3.8) is 0 Å². The molecule has 24 nitrogen and oxygen atoms in total. The summed E-state index contributed by atoms with van der Waals surface area (Å²) in [6.45, 7) is 5.63. The van der Waals surface area contributed by atoms with Crippen molar-refractivity contribution >= 4 is 41.4 Å². The second kappa shape index (κ2) is 28.1. The number of fused-ring (bicyclic) bond motifs is 2. The van der Waals surface area contributed by atoms with Gasteiger partial charge in [0, 0.05) is 44.5 Å². The molecule has 4 aromatic carbocycles. The highest BCUT2D eigenvalue weighted by Crippen LogP contribution is 2.30. The molecule has 0 saturated carbocycles. The molecule has 13 N–H and O–H groups in total. The number of aliphatic hydroxyl groups is 7. The molecule has 24 heteroatoms. The molecule has 83 heavy (non-hydrogen) atoms. The highest BCUT2D eigenvalue weighted by Gasteiger charge is 2.50. The highest BCUT2D eigenvalue weighted by atomic mass is 16.5. The number of methoxy groups -OCH3 is 1. The number of aromatic hydroxyl groups is 1. The lowest BCUT2D eigenvalue weighted by atomic mass is 9.96. The minimum atomic E-state index is -2.28. The van der Waals surface area contributed by atoms with E-state index in [1.54, 1.807) is 12.1 Å². The number of ether oxygens (including phenoxy) is 2. The van der Waals surface area contributed by atoms with E-state index in [0.29, 0.717) is 6.61 Å². The second-order valence-electron chi connectivity index (χ2n) is 21.5. The summed E-state index contributed by atoms with van der Waals surface area (Å²) in [6, 6.07) is 15.2. The van der Waals surface area contributed by atoms with Gasteiger partial charge >= 0.3 is 0 Å². The zero-order valence-corrected chi connectivity index (χ0v) is 46.7. The van der Waals surface area contributed by atoms with Crippen molar-refractivity contribution in [3.05, 3.63) is 108 Å². The monoisotopic (exact) mass is 1150 g/mol. The predicted octanol–water partition coefficient (Wildman–Crippen LogP) is -0.273. The maximum Gasteiger partial charge on any atom is 0.251 e. The SMILES string of the molecule is CCCCCOc1ccc(-c2ccc(-c3ccc(C(=O)N[C@H]4C[C@@H](O)[C@@H](OC)NC(=O)[C@@H]5[C@@H](O)[C@@H](C)CN5C(=O)[C@H]([C@@H](C)O)NC(=O)[C@H]([C@H](O)[C@@H](O)c5ccc(O)cc5)NC(=O)[C@@H]5C[C@@H](O)CN5C(=O)[C@H]([C@H](C)O)NC4=O)cc3)cc2)cc1. The number of phenolic OH excluding ortho intramolecular Hbond substituents is 1. The Morgan fingerprint density at radius 2 is 1.18 bits per heavy atom. The van der Waals surface area contributed by atoms with Gasteiger partial charge in [-0.3, -0.25) is 33.6 Å². The zero-order valence-electron chi connectivity index (χ0n) is 46.7. The molecule has 3 fully saturated rings. The Bertz CT molecular complexity index is 2890. The normalized spacial score (nSPS) is 27.3. The van der Waals surface area contributed by atoms with Gasteiger partial charge in [-0.25, -0.2) is 0 Å². The summed E-state index contributed by atoms with van der Waals surface area (Å²) in [5.74, 6) is -8.26. The van der Waals surface area contributed by atoms with E-state index >= 15 is 0 Å². The van der Waals surface area contributed by atoms with Crippen molar-refractivity contribution in [1.82, 2.24) is 36.4 Å². The molecule has 0 spiro atoms. The number of hydrogen-bond acceptors (Lipinski definition) is 17. The third-order valence-corrected chi connectivity index (χ3v) is 15.3. The third-order valence-electron chi connectivity index (χ3n) is 15.3. The van der Waals surface area contributed by atoms with Crippen LogP contribution in [0.3, 0.4) is 0 Å². The summed E-state index contributed by atoms with van der Waals surface area (Å²) in [7, 11) is 1.08. The summed E-state index contributed by atoms with van der Waals surface area (Å²) >= 11 is 0. The molecule has 3 saturated heterocycles. The number of hydrogen-bond donors (Lipinski definition) is 13. The Balaban J connectivity index is 1.19. The maximum atomic E-state index is 14.5. The van der Waals surface area contributed by atoms with Crippen LogP contribution in [0, 0.1) is 5.92 Å². The van der Waals surface area contributed by atoms with Crippen LogP contribution < -0.4 is 31.3 Å². The molecule has 3 aliphatic rings. The Labute approximate surface area is 479 Å². The average molecular weight is 1150 g/mol. The van der Waals surface area contributed by atoms with Crippen molar-refractivity contribution in [2.45, 2.75) is 145 Å². The van der Waals surface area contributed by atoms with Crippen LogP contribution in [-0.4, -0.2) is 198 Å². The van der Waals surface area contributed by atoms with E-state index in [9.17, 15) is 74.4 Å². The molecule has 7 rings (SSSR count). The van der Waals surface area contributed by atoms with Crippen molar-refractivity contribution in [2.75, 3.05) is 26.8 Å². The summed E-state index contributed by atoms with van der Waals surface area (Å²) in [5.41, 5.74) is 3.47. The molecule has 0 radical (unpaired) electrons. The fourth-order valence-corrected chi connectivity index (χ4v) is 10.4. The first-order chi connectivity index (χ1) is 39.5. The van der Waals surface area contributed by atoms with Gasteiger partial charge in [-0.15, -0.1) is 0 Å². The number of amides is 7. The lowest BCUT2D eigenvalue weighted by Gasteiger charge is -2.34. The fourth-order valence-electron chi connectivity index (χ4n) is 10.4. The fraction of sp³-hybridized carbons (Fsp3) is 0.475. The molecular formula is C59H75N7O17. The Kier molecular flexibility index (Phi) is 21.4. The number of phenols is 1. The molecule has 0 bridgehead atoms. The number of nitrogens with zero attached hydrogens (tertiary/aromatic N) is 2. The average Bonchev–Trinajstić information content (AvgIpc) is 4.24. The van der Waals surface area contributed by atoms with Crippen LogP contribution in [0.25, 0.3) is 22.3 Å². The Hall–Kier alpha value is -7.55.